The highest BCUT2D eigenvalue weighted by Gasteiger charge is 2.33. The molecule has 0 aromatic carbocycles. The van der Waals surface area contributed by atoms with Crippen molar-refractivity contribution >= 4 is 11.3 Å². The summed E-state index contributed by atoms with van der Waals surface area (Å²) < 4.78 is 0. The average Bonchev–Trinajstić information content (AvgIpc) is 2.73. The van der Waals surface area contributed by atoms with Gasteiger partial charge >= 0.3 is 0 Å². The molecule has 1 heterocycles. The van der Waals surface area contributed by atoms with E-state index in [-0.39, 0.29) is 24.5 Å². The van der Waals surface area contributed by atoms with Crippen LogP contribution in [-0.4, -0.2) is 23.4 Å². The van der Waals surface area contributed by atoms with Gasteiger partial charge in [0.25, 0.3) is 0 Å². The van der Waals surface area contributed by atoms with Gasteiger partial charge in [0.05, 0.1) is 13.2 Å². The number of aliphatic hydroxyl groups excluding tert-OH is 2. The molecule has 0 aliphatic carbocycles. The van der Waals surface area contributed by atoms with Crippen LogP contribution in [0.3, 0.4) is 0 Å². The third-order valence-electron chi connectivity index (χ3n) is 3.45. The summed E-state index contributed by atoms with van der Waals surface area (Å²) in [4.78, 5) is 2.62. The molecule has 3 heteroatoms. The molecule has 1 aromatic rings. The van der Waals surface area contributed by atoms with Gasteiger partial charge in [-0.25, -0.2) is 0 Å². The molecule has 0 spiro atoms. The molecule has 1 rings (SSSR count). The van der Waals surface area contributed by atoms with E-state index >= 15 is 0 Å². The van der Waals surface area contributed by atoms with Gasteiger partial charge in [-0.05, 0) is 30.9 Å². The van der Waals surface area contributed by atoms with Crippen LogP contribution in [0.2, 0.25) is 0 Å². The van der Waals surface area contributed by atoms with E-state index in [1.807, 2.05) is 0 Å². The largest absolute Gasteiger partial charge is 0.396 e. The van der Waals surface area contributed by atoms with Gasteiger partial charge in [-0.3, -0.25) is 0 Å². The van der Waals surface area contributed by atoms with Gasteiger partial charge in [0.2, 0.25) is 0 Å². The van der Waals surface area contributed by atoms with Crippen LogP contribution in [0.25, 0.3) is 0 Å². The quantitative estimate of drug-likeness (QED) is 0.804. The highest BCUT2D eigenvalue weighted by Crippen LogP contribution is 2.33. The first-order valence-electron chi connectivity index (χ1n) is 5.87. The highest BCUT2D eigenvalue weighted by molar-refractivity contribution is 7.11. The summed E-state index contributed by atoms with van der Waals surface area (Å²) in [5.74, 6) is 0.273. The Morgan fingerprint density at radius 2 is 1.75 bits per heavy atom. The van der Waals surface area contributed by atoms with Crippen LogP contribution in [-0.2, 0) is 12.8 Å². The fourth-order valence-corrected chi connectivity index (χ4v) is 2.90. The second-order valence-electron chi connectivity index (χ2n) is 4.73. The second kappa shape index (κ2) is 5.80. The molecule has 0 atom stereocenters. The number of aryl methyl sites for hydroxylation is 1. The Morgan fingerprint density at radius 3 is 2.12 bits per heavy atom. The predicted molar refractivity (Wildman–Crippen MR) is 68.8 cm³/mol. The van der Waals surface area contributed by atoms with Crippen LogP contribution in [0, 0.1) is 11.3 Å². The minimum absolute atomic E-state index is 0.0422. The maximum Gasteiger partial charge on any atom is 0.0515 e. The van der Waals surface area contributed by atoms with E-state index in [0.717, 1.165) is 12.8 Å². The molecule has 0 saturated carbocycles. The Morgan fingerprint density at radius 1 is 1.19 bits per heavy atom. The standard InChI is InChI=1S/C13H22O2S/c1-4-11-5-6-12(16-11)7-13(8-14,9-15)10(2)3/h5-6,10,14-15H,4,7-9H2,1-3H3. The van der Waals surface area contributed by atoms with Gasteiger partial charge in [0.15, 0.2) is 0 Å². The van der Waals surface area contributed by atoms with Crippen LogP contribution >= 0.6 is 11.3 Å². The van der Waals surface area contributed by atoms with E-state index in [2.05, 4.69) is 32.9 Å². The Balaban J connectivity index is 2.82. The number of thiophene rings is 1. The number of rotatable bonds is 6. The Labute approximate surface area is 102 Å². The molecule has 0 radical (unpaired) electrons. The van der Waals surface area contributed by atoms with E-state index in [1.165, 1.54) is 9.75 Å². The third kappa shape index (κ3) is 2.84. The first-order valence-corrected chi connectivity index (χ1v) is 6.69. The average molecular weight is 242 g/mol. The second-order valence-corrected chi connectivity index (χ2v) is 5.98. The van der Waals surface area contributed by atoms with Crippen LogP contribution in [0.1, 0.15) is 30.5 Å². The van der Waals surface area contributed by atoms with E-state index in [1.54, 1.807) is 11.3 Å². The fourth-order valence-electron chi connectivity index (χ4n) is 1.79. The van der Waals surface area contributed by atoms with Gasteiger partial charge in [-0.15, -0.1) is 11.3 Å². The summed E-state index contributed by atoms with van der Waals surface area (Å²) in [6, 6.07) is 4.26. The molecule has 92 valence electrons. The molecule has 0 unspecified atom stereocenters. The Kier molecular flexibility index (Phi) is 4.96. The molecule has 0 aliphatic heterocycles. The molecule has 2 N–H and O–H groups in total. The first-order chi connectivity index (χ1) is 7.57. The summed E-state index contributed by atoms with van der Waals surface area (Å²) in [5, 5.41) is 19.0. The lowest BCUT2D eigenvalue weighted by Crippen LogP contribution is -2.37. The van der Waals surface area contributed by atoms with Crippen LogP contribution in [0.4, 0.5) is 0 Å². The van der Waals surface area contributed by atoms with Crippen molar-refractivity contribution in [2.24, 2.45) is 11.3 Å². The maximum absolute atomic E-state index is 9.52. The number of hydrogen-bond acceptors (Lipinski definition) is 3. The number of hydrogen-bond donors (Lipinski definition) is 2. The molecule has 1 aromatic heterocycles. The molecule has 2 nitrogen and oxygen atoms in total. The molecule has 0 saturated heterocycles. The SMILES string of the molecule is CCc1ccc(CC(CO)(CO)C(C)C)s1. The van der Waals surface area contributed by atoms with Crippen LogP contribution in [0.5, 0.6) is 0 Å². The minimum atomic E-state index is -0.379. The van der Waals surface area contributed by atoms with Crippen molar-refractivity contribution in [3.8, 4) is 0 Å². The van der Waals surface area contributed by atoms with Crippen molar-refractivity contribution in [1.82, 2.24) is 0 Å². The summed E-state index contributed by atoms with van der Waals surface area (Å²) in [5.41, 5.74) is -0.379. The van der Waals surface area contributed by atoms with E-state index < -0.39 is 0 Å². The highest BCUT2D eigenvalue weighted by atomic mass is 32.1. The smallest absolute Gasteiger partial charge is 0.0515 e. The fraction of sp³-hybridized carbons (Fsp3) is 0.692. The van der Waals surface area contributed by atoms with Gasteiger partial charge in [0, 0.05) is 15.2 Å². The van der Waals surface area contributed by atoms with Crippen molar-refractivity contribution in [1.29, 1.82) is 0 Å². The Hall–Kier alpha value is -0.380. The van der Waals surface area contributed by atoms with Crippen LogP contribution < -0.4 is 0 Å². The van der Waals surface area contributed by atoms with Crippen molar-refractivity contribution in [3.05, 3.63) is 21.9 Å². The number of aliphatic hydroxyl groups is 2. The van der Waals surface area contributed by atoms with Gasteiger partial charge < -0.3 is 10.2 Å². The van der Waals surface area contributed by atoms with Crippen molar-refractivity contribution in [2.75, 3.05) is 13.2 Å². The van der Waals surface area contributed by atoms with Crippen molar-refractivity contribution in [2.45, 2.75) is 33.6 Å². The van der Waals surface area contributed by atoms with Crippen LogP contribution in [0.15, 0.2) is 12.1 Å². The van der Waals surface area contributed by atoms with Gasteiger partial charge in [-0.1, -0.05) is 20.8 Å². The van der Waals surface area contributed by atoms with E-state index in [0.29, 0.717) is 0 Å². The molecule has 0 aliphatic rings. The molecule has 16 heavy (non-hydrogen) atoms. The van der Waals surface area contributed by atoms with E-state index in [4.69, 9.17) is 0 Å². The Bertz CT molecular complexity index is 313. The summed E-state index contributed by atoms with van der Waals surface area (Å²) in [7, 11) is 0. The summed E-state index contributed by atoms with van der Waals surface area (Å²) >= 11 is 1.79. The minimum Gasteiger partial charge on any atom is -0.396 e. The zero-order valence-corrected chi connectivity index (χ0v) is 11.2. The topological polar surface area (TPSA) is 40.5 Å². The predicted octanol–water partition coefficient (Wildman–Crippen LogP) is 2.48. The normalized spacial score (nSPS) is 12.4. The van der Waals surface area contributed by atoms with Crippen molar-refractivity contribution < 1.29 is 10.2 Å². The maximum atomic E-state index is 9.52. The lowest BCUT2D eigenvalue weighted by atomic mass is 9.75. The third-order valence-corrected chi connectivity index (χ3v) is 4.68. The summed E-state index contributed by atoms with van der Waals surface area (Å²) in [6.07, 6.45) is 1.82. The molecule has 0 bridgehead atoms. The molecular formula is C13H22O2S. The lowest BCUT2D eigenvalue weighted by molar-refractivity contribution is 0.0170. The lowest BCUT2D eigenvalue weighted by Gasteiger charge is -2.33. The molecule has 0 fully saturated rings. The summed E-state index contributed by atoms with van der Waals surface area (Å²) in [6.45, 7) is 6.34. The monoisotopic (exact) mass is 242 g/mol. The van der Waals surface area contributed by atoms with Gasteiger partial charge in [0.1, 0.15) is 0 Å². The van der Waals surface area contributed by atoms with E-state index in [9.17, 15) is 10.2 Å². The van der Waals surface area contributed by atoms with Gasteiger partial charge in [-0.2, -0.15) is 0 Å². The zero-order chi connectivity index (χ0) is 12.2. The molecular weight excluding hydrogens is 220 g/mol. The first kappa shape index (κ1) is 13.7. The van der Waals surface area contributed by atoms with Crippen molar-refractivity contribution in [3.63, 3.8) is 0 Å². The zero-order valence-electron chi connectivity index (χ0n) is 10.4. The molecule has 0 amide bonds.